The van der Waals surface area contributed by atoms with E-state index >= 15 is 0 Å². The number of nitrogens with one attached hydrogen (secondary N) is 1. The number of ether oxygens (including phenoxy) is 3. The third-order valence-corrected chi connectivity index (χ3v) is 3.76. The first kappa shape index (κ1) is 20.3. The number of benzene rings is 2. The minimum atomic E-state index is -0.798. The van der Waals surface area contributed by atoms with Crippen molar-refractivity contribution in [3.05, 3.63) is 57.6 Å². The van der Waals surface area contributed by atoms with Crippen LogP contribution in [0.4, 0.5) is 11.4 Å². The van der Waals surface area contributed by atoms with Crippen molar-refractivity contribution in [2.24, 2.45) is 0 Å². The van der Waals surface area contributed by atoms with Gasteiger partial charge < -0.3 is 19.5 Å². The van der Waals surface area contributed by atoms with Gasteiger partial charge in [-0.1, -0.05) is 0 Å². The van der Waals surface area contributed by atoms with Gasteiger partial charge in [0, 0.05) is 11.6 Å². The van der Waals surface area contributed by atoms with E-state index in [-0.39, 0.29) is 22.7 Å². The molecule has 2 rings (SSSR count). The molecule has 0 saturated heterocycles. The minimum absolute atomic E-state index is 0.0568. The molecule has 0 saturated carbocycles. The molecule has 1 amide bonds. The van der Waals surface area contributed by atoms with Crippen LogP contribution in [0, 0.1) is 21.4 Å². The summed E-state index contributed by atoms with van der Waals surface area (Å²) in [4.78, 5) is 23.1. The van der Waals surface area contributed by atoms with Gasteiger partial charge in [0.25, 0.3) is 11.6 Å². The first-order valence-electron chi connectivity index (χ1n) is 7.91. The van der Waals surface area contributed by atoms with Crippen molar-refractivity contribution >= 4 is 23.4 Å². The lowest BCUT2D eigenvalue weighted by atomic mass is 10.1. The van der Waals surface area contributed by atoms with Crippen LogP contribution >= 0.6 is 0 Å². The summed E-state index contributed by atoms with van der Waals surface area (Å²) in [5.74, 6) is 0.415. The molecule has 0 unspecified atom stereocenters. The van der Waals surface area contributed by atoms with Crippen molar-refractivity contribution < 1.29 is 23.9 Å². The maximum Gasteiger partial charge on any atom is 0.296 e. The highest BCUT2D eigenvalue weighted by Crippen LogP contribution is 2.30. The molecule has 0 aliphatic carbocycles. The first-order valence-corrected chi connectivity index (χ1v) is 7.91. The molecule has 0 atom stereocenters. The van der Waals surface area contributed by atoms with Gasteiger partial charge in [-0.05, 0) is 30.3 Å². The fourth-order valence-electron chi connectivity index (χ4n) is 2.33. The van der Waals surface area contributed by atoms with E-state index in [4.69, 9.17) is 14.2 Å². The Morgan fingerprint density at radius 1 is 1.11 bits per heavy atom. The van der Waals surface area contributed by atoms with Crippen molar-refractivity contribution in [1.82, 2.24) is 0 Å². The second-order valence-electron chi connectivity index (χ2n) is 5.37. The first-order chi connectivity index (χ1) is 13.4. The van der Waals surface area contributed by atoms with Crippen LogP contribution in [-0.2, 0) is 4.79 Å². The van der Waals surface area contributed by atoms with Crippen LogP contribution in [0.25, 0.3) is 6.08 Å². The van der Waals surface area contributed by atoms with Crippen LogP contribution < -0.4 is 19.5 Å². The van der Waals surface area contributed by atoms with Crippen molar-refractivity contribution in [2.45, 2.75) is 0 Å². The van der Waals surface area contributed by atoms with E-state index < -0.39 is 10.8 Å². The van der Waals surface area contributed by atoms with Crippen LogP contribution in [0.5, 0.6) is 17.2 Å². The molecule has 0 aliphatic rings. The summed E-state index contributed by atoms with van der Waals surface area (Å²) in [5.41, 5.74) is -0.196. The third-order valence-electron chi connectivity index (χ3n) is 3.76. The SMILES string of the molecule is COc1ccc(/C=C(\C#N)C(=O)Nc2ccc(OC)cc2[N+](=O)[O-])c(OC)c1. The number of nitro groups is 1. The molecule has 28 heavy (non-hydrogen) atoms. The quantitative estimate of drug-likeness (QED) is 0.337. The highest BCUT2D eigenvalue weighted by atomic mass is 16.6. The number of carbonyl (C=O) groups is 1. The number of nitro benzene ring substituents is 1. The van der Waals surface area contributed by atoms with Crippen molar-refractivity contribution in [3.8, 4) is 23.3 Å². The molecule has 144 valence electrons. The Morgan fingerprint density at radius 2 is 1.75 bits per heavy atom. The zero-order chi connectivity index (χ0) is 20.7. The van der Waals surface area contributed by atoms with Crippen LogP contribution in [0.15, 0.2) is 42.0 Å². The Morgan fingerprint density at radius 3 is 2.32 bits per heavy atom. The number of methoxy groups -OCH3 is 3. The predicted octanol–water partition coefficient (Wildman–Crippen LogP) is 3.17. The zero-order valence-corrected chi connectivity index (χ0v) is 15.4. The van der Waals surface area contributed by atoms with E-state index in [9.17, 15) is 20.2 Å². The fourth-order valence-corrected chi connectivity index (χ4v) is 2.33. The van der Waals surface area contributed by atoms with E-state index in [1.54, 1.807) is 24.3 Å². The predicted molar refractivity (Wildman–Crippen MR) is 101 cm³/mol. The highest BCUT2D eigenvalue weighted by molar-refractivity contribution is 6.10. The van der Waals surface area contributed by atoms with Gasteiger partial charge >= 0.3 is 0 Å². The molecule has 0 bridgehead atoms. The second-order valence-corrected chi connectivity index (χ2v) is 5.37. The fraction of sp³-hybridized carbons (Fsp3) is 0.158. The van der Waals surface area contributed by atoms with E-state index in [1.165, 1.54) is 45.6 Å². The number of anilines is 1. The monoisotopic (exact) mass is 383 g/mol. The number of carbonyl (C=O) groups excluding carboxylic acids is 1. The molecule has 1 N–H and O–H groups in total. The number of nitrogens with zero attached hydrogens (tertiary/aromatic N) is 2. The molecule has 0 heterocycles. The van der Waals surface area contributed by atoms with E-state index in [0.717, 1.165) is 0 Å². The molecule has 9 heteroatoms. The number of rotatable bonds is 7. The van der Waals surface area contributed by atoms with Gasteiger partial charge in [0.15, 0.2) is 0 Å². The Labute approximate surface area is 160 Å². The molecule has 0 radical (unpaired) electrons. The Kier molecular flexibility index (Phi) is 6.54. The van der Waals surface area contributed by atoms with Crippen molar-refractivity contribution in [1.29, 1.82) is 5.26 Å². The minimum Gasteiger partial charge on any atom is -0.497 e. The average molecular weight is 383 g/mol. The largest absolute Gasteiger partial charge is 0.497 e. The van der Waals surface area contributed by atoms with Crippen molar-refractivity contribution in [3.63, 3.8) is 0 Å². The average Bonchev–Trinajstić information content (AvgIpc) is 2.71. The summed E-state index contributed by atoms with van der Waals surface area (Å²) in [7, 11) is 4.31. The molecule has 2 aromatic rings. The lowest BCUT2D eigenvalue weighted by molar-refractivity contribution is -0.384. The van der Waals surface area contributed by atoms with Gasteiger partial charge in [0.1, 0.15) is 34.6 Å². The summed E-state index contributed by atoms with van der Waals surface area (Å²) in [5, 5.41) is 23.0. The van der Waals surface area contributed by atoms with E-state index in [0.29, 0.717) is 17.1 Å². The normalized spacial score (nSPS) is 10.6. The van der Waals surface area contributed by atoms with Crippen LogP contribution in [0.2, 0.25) is 0 Å². The van der Waals surface area contributed by atoms with Crippen LogP contribution in [-0.4, -0.2) is 32.2 Å². The van der Waals surface area contributed by atoms with Gasteiger partial charge in [-0.15, -0.1) is 0 Å². The van der Waals surface area contributed by atoms with Gasteiger partial charge in [-0.3, -0.25) is 14.9 Å². The molecule has 0 aliphatic heterocycles. The molecule has 0 aromatic heterocycles. The van der Waals surface area contributed by atoms with Crippen molar-refractivity contribution in [2.75, 3.05) is 26.6 Å². The number of nitriles is 1. The number of amides is 1. The zero-order valence-electron chi connectivity index (χ0n) is 15.4. The van der Waals surface area contributed by atoms with Crippen LogP contribution in [0.1, 0.15) is 5.56 Å². The molecule has 9 nitrogen and oxygen atoms in total. The number of hydrogen-bond donors (Lipinski definition) is 1. The maximum absolute atomic E-state index is 12.5. The number of hydrogen-bond acceptors (Lipinski definition) is 7. The lowest BCUT2D eigenvalue weighted by Gasteiger charge is -2.09. The van der Waals surface area contributed by atoms with Crippen LogP contribution in [0.3, 0.4) is 0 Å². The summed E-state index contributed by atoms with van der Waals surface area (Å²) >= 11 is 0. The summed E-state index contributed by atoms with van der Waals surface area (Å²) < 4.78 is 15.3. The summed E-state index contributed by atoms with van der Waals surface area (Å²) in [6, 6.07) is 10.6. The van der Waals surface area contributed by atoms with Gasteiger partial charge in [0.2, 0.25) is 0 Å². The van der Waals surface area contributed by atoms with Gasteiger partial charge in [-0.25, -0.2) is 0 Å². The molecular weight excluding hydrogens is 366 g/mol. The molecular formula is C19H17N3O6. The third kappa shape index (κ3) is 4.56. The Hall–Kier alpha value is -4.06. The standard InChI is InChI=1S/C19H17N3O6/c1-26-14-6-7-16(17(9-14)22(24)25)21-19(23)13(11-20)8-12-4-5-15(27-2)10-18(12)28-3/h4-10H,1-3H3,(H,21,23)/b13-8+. The van der Waals surface area contributed by atoms with Gasteiger partial charge in [-0.2, -0.15) is 5.26 Å². The molecule has 0 fully saturated rings. The molecule has 0 spiro atoms. The van der Waals surface area contributed by atoms with E-state index in [2.05, 4.69) is 5.32 Å². The van der Waals surface area contributed by atoms with Gasteiger partial charge in [0.05, 0.1) is 32.3 Å². The topological polar surface area (TPSA) is 124 Å². The second kappa shape index (κ2) is 9.05. The van der Waals surface area contributed by atoms with E-state index in [1.807, 2.05) is 0 Å². The molecule has 2 aromatic carbocycles. The highest BCUT2D eigenvalue weighted by Gasteiger charge is 2.19. The Balaban J connectivity index is 2.36. The summed E-state index contributed by atoms with van der Waals surface area (Å²) in [6.07, 6.45) is 1.32. The maximum atomic E-state index is 12.5. The smallest absolute Gasteiger partial charge is 0.296 e. The Bertz CT molecular complexity index is 978. The lowest BCUT2D eigenvalue weighted by Crippen LogP contribution is -2.14. The summed E-state index contributed by atoms with van der Waals surface area (Å²) in [6.45, 7) is 0.